The van der Waals surface area contributed by atoms with E-state index in [1.165, 1.54) is 68.3 Å². The predicted octanol–water partition coefficient (Wildman–Crippen LogP) is 3.33. The average Bonchev–Trinajstić information content (AvgIpc) is 2.87. The Morgan fingerprint density at radius 1 is 1.16 bits per heavy atom. The number of fused-ring (bicyclic) bond motifs is 1. The van der Waals surface area contributed by atoms with E-state index in [-0.39, 0.29) is 0 Å². The first-order chi connectivity index (χ1) is 9.35. The van der Waals surface area contributed by atoms with Gasteiger partial charge in [0.2, 0.25) is 0 Å². The van der Waals surface area contributed by atoms with Crippen molar-refractivity contribution in [1.29, 1.82) is 0 Å². The van der Waals surface area contributed by atoms with Crippen LogP contribution < -0.4 is 5.73 Å². The molecule has 1 aromatic heterocycles. The monoisotopic (exact) mass is 261 g/mol. The molecule has 0 spiro atoms. The van der Waals surface area contributed by atoms with Crippen LogP contribution in [0.15, 0.2) is 0 Å². The highest BCUT2D eigenvalue weighted by Gasteiger charge is 2.29. The van der Waals surface area contributed by atoms with Crippen LogP contribution in [0.4, 0.5) is 0 Å². The van der Waals surface area contributed by atoms with Crippen molar-refractivity contribution in [2.24, 2.45) is 5.73 Å². The van der Waals surface area contributed by atoms with Gasteiger partial charge in [-0.05, 0) is 51.0 Å². The van der Waals surface area contributed by atoms with Crippen LogP contribution in [0.2, 0.25) is 0 Å². The van der Waals surface area contributed by atoms with E-state index in [2.05, 4.69) is 11.6 Å². The Bertz CT molecular complexity index is 429. The molecule has 1 unspecified atom stereocenters. The van der Waals surface area contributed by atoms with Crippen LogP contribution in [-0.4, -0.2) is 16.3 Å². The summed E-state index contributed by atoms with van der Waals surface area (Å²) in [6, 6.07) is 0.666. The van der Waals surface area contributed by atoms with Crippen molar-refractivity contribution in [3.8, 4) is 0 Å². The van der Waals surface area contributed by atoms with Crippen LogP contribution in [0.1, 0.15) is 80.8 Å². The zero-order chi connectivity index (χ0) is 13.2. The van der Waals surface area contributed by atoms with Crippen LogP contribution in [0, 0.1) is 0 Å². The third kappa shape index (κ3) is 2.33. The van der Waals surface area contributed by atoms with Gasteiger partial charge in [0, 0.05) is 11.3 Å². The lowest BCUT2D eigenvalue weighted by atomic mass is 9.84. The molecule has 2 aliphatic carbocycles. The molecule has 1 heterocycles. The second-order valence-corrected chi connectivity index (χ2v) is 6.22. The summed E-state index contributed by atoms with van der Waals surface area (Å²) in [5, 5.41) is 4.99. The zero-order valence-electron chi connectivity index (χ0n) is 12.2. The fourth-order valence-electron chi connectivity index (χ4n) is 4.04. The van der Waals surface area contributed by atoms with Crippen LogP contribution in [0.25, 0.3) is 0 Å². The smallest absolute Gasteiger partial charge is 0.0660 e. The van der Waals surface area contributed by atoms with E-state index in [1.54, 1.807) is 0 Å². The first-order valence-electron chi connectivity index (χ1n) is 8.15. The minimum atomic E-state index is 0.566. The molecule has 0 aliphatic heterocycles. The number of aromatic nitrogens is 2. The molecule has 0 aromatic carbocycles. The van der Waals surface area contributed by atoms with Crippen LogP contribution >= 0.6 is 0 Å². The molecule has 0 amide bonds. The maximum absolute atomic E-state index is 5.99. The van der Waals surface area contributed by atoms with Gasteiger partial charge in [-0.15, -0.1) is 0 Å². The lowest BCUT2D eigenvalue weighted by Crippen LogP contribution is -2.22. The topological polar surface area (TPSA) is 43.8 Å². The molecule has 1 fully saturated rings. The first kappa shape index (κ1) is 13.2. The van der Waals surface area contributed by atoms with E-state index in [0.29, 0.717) is 12.0 Å². The van der Waals surface area contributed by atoms with E-state index >= 15 is 0 Å². The number of rotatable bonds is 3. The molecule has 1 saturated carbocycles. The molecule has 106 valence electrons. The number of nitrogens with two attached hydrogens (primary N) is 1. The quantitative estimate of drug-likeness (QED) is 0.907. The van der Waals surface area contributed by atoms with Gasteiger partial charge < -0.3 is 5.73 Å². The lowest BCUT2D eigenvalue weighted by Gasteiger charge is -2.27. The van der Waals surface area contributed by atoms with Crippen molar-refractivity contribution >= 4 is 0 Å². The van der Waals surface area contributed by atoms with Crippen molar-refractivity contribution in [3.63, 3.8) is 0 Å². The third-order valence-corrected chi connectivity index (χ3v) is 5.04. The Labute approximate surface area is 116 Å². The largest absolute Gasteiger partial charge is 0.330 e. The summed E-state index contributed by atoms with van der Waals surface area (Å²) in [4.78, 5) is 0. The van der Waals surface area contributed by atoms with Gasteiger partial charge in [-0.2, -0.15) is 5.10 Å². The van der Waals surface area contributed by atoms with Gasteiger partial charge in [0.05, 0.1) is 11.7 Å². The van der Waals surface area contributed by atoms with Gasteiger partial charge in [-0.25, -0.2) is 0 Å². The average molecular weight is 261 g/mol. The van der Waals surface area contributed by atoms with Crippen molar-refractivity contribution in [2.45, 2.75) is 76.7 Å². The van der Waals surface area contributed by atoms with Crippen molar-refractivity contribution in [3.05, 3.63) is 17.0 Å². The fraction of sp³-hybridized carbons (Fsp3) is 0.812. The maximum atomic E-state index is 5.99. The van der Waals surface area contributed by atoms with E-state index in [1.807, 2.05) is 0 Å². The summed E-state index contributed by atoms with van der Waals surface area (Å²) < 4.78 is 2.41. The number of nitrogens with zero attached hydrogens (tertiary/aromatic N) is 2. The Balaban J connectivity index is 1.98. The van der Waals surface area contributed by atoms with Gasteiger partial charge in [0.15, 0.2) is 0 Å². The second-order valence-electron chi connectivity index (χ2n) is 6.22. The van der Waals surface area contributed by atoms with Gasteiger partial charge in [-0.1, -0.05) is 26.2 Å². The Hall–Kier alpha value is -0.830. The summed E-state index contributed by atoms with van der Waals surface area (Å²) in [5.74, 6) is 0.566. The molecule has 1 aromatic rings. The predicted molar refractivity (Wildman–Crippen MR) is 78.5 cm³/mol. The highest BCUT2D eigenvalue weighted by molar-refractivity contribution is 5.33. The summed E-state index contributed by atoms with van der Waals surface area (Å²) in [6.07, 6.45) is 11.6. The zero-order valence-corrected chi connectivity index (χ0v) is 12.2. The summed E-state index contributed by atoms with van der Waals surface area (Å²) in [6.45, 7) is 3.02. The molecule has 3 rings (SSSR count). The molecule has 0 radical (unpaired) electrons. The van der Waals surface area contributed by atoms with Crippen LogP contribution in [-0.2, 0) is 12.8 Å². The second kappa shape index (κ2) is 5.66. The van der Waals surface area contributed by atoms with E-state index in [0.717, 1.165) is 13.0 Å². The fourth-order valence-corrected chi connectivity index (χ4v) is 4.04. The summed E-state index contributed by atoms with van der Waals surface area (Å²) >= 11 is 0. The van der Waals surface area contributed by atoms with Gasteiger partial charge in [0.25, 0.3) is 0 Å². The summed E-state index contributed by atoms with van der Waals surface area (Å²) in [7, 11) is 0. The molecule has 0 saturated heterocycles. The molecule has 1 atom stereocenters. The van der Waals surface area contributed by atoms with E-state index < -0.39 is 0 Å². The van der Waals surface area contributed by atoms with Crippen molar-refractivity contribution in [2.75, 3.05) is 6.54 Å². The molecule has 3 heteroatoms. The standard InChI is InChI=1S/C16H27N3/c1-2-14-16-12(11-17)7-6-10-15(16)19(18-14)13-8-4-3-5-9-13/h12-13H,2-11,17H2,1H3. The Kier molecular flexibility index (Phi) is 3.92. The normalized spacial score (nSPS) is 24.4. The van der Waals surface area contributed by atoms with Crippen LogP contribution in [0.5, 0.6) is 0 Å². The van der Waals surface area contributed by atoms with Gasteiger partial charge in [-0.3, -0.25) is 4.68 Å². The maximum Gasteiger partial charge on any atom is 0.0660 e. The minimum absolute atomic E-state index is 0.566. The highest BCUT2D eigenvalue weighted by Crippen LogP contribution is 2.37. The number of hydrogen-bond acceptors (Lipinski definition) is 2. The Morgan fingerprint density at radius 3 is 2.63 bits per heavy atom. The number of aryl methyl sites for hydroxylation is 1. The van der Waals surface area contributed by atoms with Gasteiger partial charge >= 0.3 is 0 Å². The number of hydrogen-bond donors (Lipinski definition) is 1. The van der Waals surface area contributed by atoms with E-state index in [9.17, 15) is 0 Å². The minimum Gasteiger partial charge on any atom is -0.330 e. The Morgan fingerprint density at radius 2 is 1.95 bits per heavy atom. The highest BCUT2D eigenvalue weighted by atomic mass is 15.3. The van der Waals surface area contributed by atoms with Gasteiger partial charge in [0.1, 0.15) is 0 Å². The van der Waals surface area contributed by atoms with Crippen LogP contribution in [0.3, 0.4) is 0 Å². The molecule has 19 heavy (non-hydrogen) atoms. The molecule has 0 bridgehead atoms. The first-order valence-corrected chi connectivity index (χ1v) is 8.15. The molecule has 2 N–H and O–H groups in total. The lowest BCUT2D eigenvalue weighted by molar-refractivity contribution is 0.318. The molecular formula is C16H27N3. The molecular weight excluding hydrogens is 234 g/mol. The van der Waals surface area contributed by atoms with Crippen molar-refractivity contribution in [1.82, 2.24) is 9.78 Å². The SMILES string of the molecule is CCc1nn(C2CCCCC2)c2c1C(CN)CCC2. The molecule has 2 aliphatic rings. The molecule has 3 nitrogen and oxygen atoms in total. The summed E-state index contributed by atoms with van der Waals surface area (Å²) in [5.41, 5.74) is 10.4. The van der Waals surface area contributed by atoms with E-state index in [4.69, 9.17) is 10.8 Å². The van der Waals surface area contributed by atoms with Crippen molar-refractivity contribution < 1.29 is 0 Å². The third-order valence-electron chi connectivity index (χ3n) is 5.04.